The van der Waals surface area contributed by atoms with E-state index >= 15 is 0 Å². The Labute approximate surface area is 76.7 Å². The summed E-state index contributed by atoms with van der Waals surface area (Å²) in [4.78, 5) is 10.9. The fraction of sp³-hybridized carbons (Fsp3) is 0.714. The number of hydrogen-bond donors (Lipinski definition) is 1. The molecule has 1 atom stereocenters. The highest BCUT2D eigenvalue weighted by atomic mass is 32.2. The maximum Gasteiger partial charge on any atom is 0.234 e. The van der Waals surface area contributed by atoms with Gasteiger partial charge in [-0.2, -0.15) is 5.26 Å². The minimum absolute atomic E-state index is 0.00414. The monoisotopic (exact) mass is 202 g/mol. The number of carbonyl (C=O) groups is 1. The van der Waals surface area contributed by atoms with Gasteiger partial charge in [-0.3, -0.25) is 4.79 Å². The van der Waals surface area contributed by atoms with Crippen LogP contribution in [0, 0.1) is 11.3 Å². The Morgan fingerprint density at radius 3 is 2.77 bits per heavy atom. The lowest BCUT2D eigenvalue weighted by molar-refractivity contribution is -0.120. The van der Waals surface area contributed by atoms with Crippen LogP contribution in [0.4, 0.5) is 0 Å². The maximum absolute atomic E-state index is 11.0. The van der Waals surface area contributed by atoms with Gasteiger partial charge in [0.25, 0.3) is 0 Å². The Kier molecular flexibility index (Phi) is 2.88. The van der Waals surface area contributed by atoms with Crippen molar-refractivity contribution in [1.29, 1.82) is 5.26 Å². The standard InChI is InChI=1S/C7H10N2O3S/c8-3-1-7(10)9-6-2-4-13(11,12)5-6/h6H,1-2,4-5H2,(H,9,10)/t6-/m1/s1. The first-order chi connectivity index (χ1) is 6.03. The molecule has 1 aliphatic heterocycles. The van der Waals surface area contributed by atoms with Crippen molar-refractivity contribution in [2.45, 2.75) is 18.9 Å². The van der Waals surface area contributed by atoms with Crippen molar-refractivity contribution in [3.63, 3.8) is 0 Å². The first-order valence-electron chi connectivity index (χ1n) is 3.90. The van der Waals surface area contributed by atoms with Gasteiger partial charge in [0.1, 0.15) is 6.42 Å². The van der Waals surface area contributed by atoms with Gasteiger partial charge in [0.15, 0.2) is 9.84 Å². The van der Waals surface area contributed by atoms with Gasteiger partial charge < -0.3 is 5.32 Å². The first-order valence-corrected chi connectivity index (χ1v) is 5.72. The van der Waals surface area contributed by atoms with E-state index in [4.69, 9.17) is 5.26 Å². The van der Waals surface area contributed by atoms with Gasteiger partial charge in [-0.15, -0.1) is 0 Å². The van der Waals surface area contributed by atoms with Crippen molar-refractivity contribution in [1.82, 2.24) is 5.32 Å². The molecule has 0 saturated carbocycles. The summed E-state index contributed by atoms with van der Waals surface area (Å²) in [7, 11) is -2.95. The van der Waals surface area contributed by atoms with E-state index in [1.165, 1.54) is 0 Å². The van der Waals surface area contributed by atoms with Crippen molar-refractivity contribution in [2.75, 3.05) is 11.5 Å². The Hall–Kier alpha value is -1.09. The Morgan fingerprint density at radius 2 is 2.31 bits per heavy atom. The van der Waals surface area contributed by atoms with E-state index in [0.717, 1.165) is 0 Å². The van der Waals surface area contributed by atoms with Crippen LogP contribution in [-0.2, 0) is 14.6 Å². The molecule has 1 rings (SSSR count). The number of nitriles is 1. The van der Waals surface area contributed by atoms with Crippen LogP contribution in [0.2, 0.25) is 0 Å². The Morgan fingerprint density at radius 1 is 1.62 bits per heavy atom. The van der Waals surface area contributed by atoms with Crippen LogP contribution in [-0.4, -0.2) is 31.9 Å². The van der Waals surface area contributed by atoms with Crippen LogP contribution in [0.25, 0.3) is 0 Å². The van der Waals surface area contributed by atoms with Crippen molar-refractivity contribution >= 4 is 15.7 Å². The number of nitrogens with one attached hydrogen (secondary N) is 1. The highest BCUT2D eigenvalue weighted by Crippen LogP contribution is 2.10. The molecule has 6 heteroatoms. The molecule has 0 radical (unpaired) electrons. The molecule has 0 unspecified atom stereocenters. The minimum Gasteiger partial charge on any atom is -0.351 e. The molecule has 1 amide bonds. The van der Waals surface area contributed by atoms with Crippen molar-refractivity contribution in [3.8, 4) is 6.07 Å². The average Bonchev–Trinajstić information content (AvgIpc) is 2.30. The molecular weight excluding hydrogens is 192 g/mol. The molecule has 13 heavy (non-hydrogen) atoms. The van der Waals surface area contributed by atoms with Gasteiger partial charge in [0.05, 0.1) is 17.6 Å². The van der Waals surface area contributed by atoms with E-state index in [1.807, 2.05) is 0 Å². The number of amides is 1. The fourth-order valence-electron chi connectivity index (χ4n) is 1.26. The summed E-state index contributed by atoms with van der Waals surface area (Å²) >= 11 is 0. The lowest BCUT2D eigenvalue weighted by Crippen LogP contribution is -2.35. The second kappa shape index (κ2) is 3.75. The van der Waals surface area contributed by atoms with E-state index < -0.39 is 15.7 Å². The van der Waals surface area contributed by atoms with Crippen LogP contribution in [0.3, 0.4) is 0 Å². The summed E-state index contributed by atoms with van der Waals surface area (Å²) in [5.41, 5.74) is 0. The molecule has 0 aromatic rings. The van der Waals surface area contributed by atoms with Gasteiger partial charge in [0, 0.05) is 6.04 Å². The van der Waals surface area contributed by atoms with E-state index in [1.54, 1.807) is 6.07 Å². The first kappa shape index (κ1) is 9.99. The topological polar surface area (TPSA) is 87.0 Å². The van der Waals surface area contributed by atoms with E-state index in [0.29, 0.717) is 6.42 Å². The molecule has 0 bridgehead atoms. The third-order valence-electron chi connectivity index (χ3n) is 1.84. The van der Waals surface area contributed by atoms with E-state index in [9.17, 15) is 13.2 Å². The molecule has 0 aliphatic carbocycles. The van der Waals surface area contributed by atoms with Gasteiger partial charge in [-0.25, -0.2) is 8.42 Å². The van der Waals surface area contributed by atoms with Crippen LogP contribution in [0.1, 0.15) is 12.8 Å². The number of rotatable bonds is 2. The lowest BCUT2D eigenvalue weighted by Gasteiger charge is -2.07. The summed E-state index contributed by atoms with van der Waals surface area (Å²) < 4.78 is 21.9. The average molecular weight is 202 g/mol. The maximum atomic E-state index is 11.0. The zero-order chi connectivity index (χ0) is 9.90. The van der Waals surface area contributed by atoms with Crippen molar-refractivity contribution < 1.29 is 13.2 Å². The Bertz CT molecular complexity index is 341. The summed E-state index contributed by atoms with van der Waals surface area (Å²) in [5.74, 6) is -0.265. The second-order valence-electron chi connectivity index (χ2n) is 3.00. The lowest BCUT2D eigenvalue weighted by atomic mass is 10.2. The highest BCUT2D eigenvalue weighted by molar-refractivity contribution is 7.91. The smallest absolute Gasteiger partial charge is 0.234 e. The van der Waals surface area contributed by atoms with E-state index in [-0.39, 0.29) is 24.0 Å². The van der Waals surface area contributed by atoms with Crippen LogP contribution >= 0.6 is 0 Å². The zero-order valence-corrected chi connectivity index (χ0v) is 7.80. The SMILES string of the molecule is N#CCC(=O)N[C@@H]1CCS(=O)(=O)C1. The summed E-state index contributed by atoms with van der Waals surface area (Å²) in [6.07, 6.45) is 0.246. The fourth-order valence-corrected chi connectivity index (χ4v) is 2.93. The third kappa shape index (κ3) is 3.03. The molecule has 72 valence electrons. The third-order valence-corrected chi connectivity index (χ3v) is 3.61. The zero-order valence-electron chi connectivity index (χ0n) is 6.99. The molecule has 1 fully saturated rings. The molecule has 1 N–H and O–H groups in total. The summed E-state index contributed by atoms with van der Waals surface area (Å²) in [5, 5.41) is 10.7. The predicted octanol–water partition coefficient (Wildman–Crippen LogP) is -0.797. The molecule has 0 spiro atoms. The summed E-state index contributed by atoms with van der Waals surface area (Å²) in [6.45, 7) is 0. The van der Waals surface area contributed by atoms with E-state index in [2.05, 4.69) is 5.32 Å². The number of nitrogens with zero attached hydrogens (tertiary/aromatic N) is 1. The number of carbonyl (C=O) groups excluding carboxylic acids is 1. The van der Waals surface area contributed by atoms with Crippen molar-refractivity contribution in [2.24, 2.45) is 0 Å². The molecule has 0 aromatic carbocycles. The summed E-state index contributed by atoms with van der Waals surface area (Å²) in [6, 6.07) is 1.40. The Balaban J connectivity index is 2.42. The van der Waals surface area contributed by atoms with Crippen LogP contribution < -0.4 is 5.32 Å². The normalized spacial score (nSPS) is 25.0. The number of sulfone groups is 1. The molecule has 5 nitrogen and oxygen atoms in total. The minimum atomic E-state index is -2.95. The van der Waals surface area contributed by atoms with Gasteiger partial charge in [-0.1, -0.05) is 0 Å². The molecule has 0 aromatic heterocycles. The molecule has 1 saturated heterocycles. The van der Waals surface area contributed by atoms with Crippen molar-refractivity contribution in [3.05, 3.63) is 0 Å². The van der Waals surface area contributed by atoms with Crippen LogP contribution in [0.15, 0.2) is 0 Å². The van der Waals surface area contributed by atoms with Gasteiger partial charge in [-0.05, 0) is 6.42 Å². The highest BCUT2D eigenvalue weighted by Gasteiger charge is 2.28. The molecular formula is C7H10N2O3S. The molecule has 1 aliphatic rings. The molecule has 1 heterocycles. The van der Waals surface area contributed by atoms with Crippen LogP contribution in [0.5, 0.6) is 0 Å². The largest absolute Gasteiger partial charge is 0.351 e. The predicted molar refractivity (Wildman–Crippen MR) is 45.4 cm³/mol. The van der Waals surface area contributed by atoms with Gasteiger partial charge in [0.2, 0.25) is 5.91 Å². The number of hydrogen-bond acceptors (Lipinski definition) is 4. The van der Waals surface area contributed by atoms with Gasteiger partial charge >= 0.3 is 0 Å². The quantitative estimate of drug-likeness (QED) is 0.635. The second-order valence-corrected chi connectivity index (χ2v) is 5.23.